The number of carboxylic acids is 1. The highest BCUT2D eigenvalue weighted by atomic mass is 35.5. The van der Waals surface area contributed by atoms with Crippen molar-refractivity contribution in [1.29, 1.82) is 0 Å². The number of benzene rings is 1. The van der Waals surface area contributed by atoms with E-state index in [0.717, 1.165) is 28.9 Å². The Balaban J connectivity index is 0.00000196. The number of hydrogen-bond acceptors (Lipinski definition) is 4. The van der Waals surface area contributed by atoms with Gasteiger partial charge in [0.25, 0.3) is 0 Å². The standard InChI is InChI=1S/C20H18N2O2S.ClH/c1-12-7-8-25-17(12)9-13-10-22(2)11-15-18(20(23)24)14-5-3-4-6-16(14)21-19(13)15;/h3-9H,10-11H2,1-2H3,(H,23,24);1H. The van der Waals surface area contributed by atoms with Crippen LogP contribution in [0.5, 0.6) is 0 Å². The largest absolute Gasteiger partial charge is 0.478 e. The Labute approximate surface area is 162 Å². The first kappa shape index (κ1) is 18.6. The molecule has 0 unspecified atom stereocenters. The molecule has 0 bridgehead atoms. The smallest absolute Gasteiger partial charge is 0.336 e. The van der Waals surface area contributed by atoms with Crippen LogP contribution in [-0.2, 0) is 6.54 Å². The second kappa shape index (κ2) is 7.19. The minimum Gasteiger partial charge on any atom is -0.478 e. The average molecular weight is 387 g/mol. The van der Waals surface area contributed by atoms with Gasteiger partial charge in [-0.05, 0) is 48.7 Å². The third-order valence-corrected chi connectivity index (χ3v) is 5.55. The van der Waals surface area contributed by atoms with E-state index < -0.39 is 5.97 Å². The maximum absolute atomic E-state index is 12.0. The summed E-state index contributed by atoms with van der Waals surface area (Å²) >= 11 is 1.69. The highest BCUT2D eigenvalue weighted by Crippen LogP contribution is 2.34. The van der Waals surface area contributed by atoms with Crippen LogP contribution in [0.25, 0.3) is 22.6 Å². The summed E-state index contributed by atoms with van der Waals surface area (Å²) in [5.41, 5.74) is 5.04. The lowest BCUT2D eigenvalue weighted by atomic mass is 9.93. The molecule has 1 aliphatic rings. The summed E-state index contributed by atoms with van der Waals surface area (Å²) in [5.74, 6) is -0.892. The first-order chi connectivity index (χ1) is 12.0. The number of fused-ring (bicyclic) bond motifs is 2. The van der Waals surface area contributed by atoms with Crippen molar-refractivity contribution in [2.24, 2.45) is 0 Å². The Morgan fingerprint density at radius 1 is 1.27 bits per heavy atom. The predicted octanol–water partition coefficient (Wildman–Crippen LogP) is 4.71. The van der Waals surface area contributed by atoms with Crippen LogP contribution >= 0.6 is 23.7 Å². The molecule has 0 saturated heterocycles. The summed E-state index contributed by atoms with van der Waals surface area (Å²) in [6.45, 7) is 3.44. The van der Waals surface area contributed by atoms with Crippen LogP contribution in [-0.4, -0.2) is 34.6 Å². The molecule has 0 saturated carbocycles. The number of halogens is 1. The summed E-state index contributed by atoms with van der Waals surface area (Å²) in [4.78, 5) is 20.2. The Hall–Kier alpha value is -2.21. The van der Waals surface area contributed by atoms with Gasteiger partial charge in [-0.25, -0.2) is 9.78 Å². The summed E-state index contributed by atoms with van der Waals surface area (Å²) in [6, 6.07) is 9.58. The van der Waals surface area contributed by atoms with E-state index in [4.69, 9.17) is 4.98 Å². The van der Waals surface area contributed by atoms with E-state index in [1.54, 1.807) is 11.3 Å². The minimum absolute atomic E-state index is 0. The van der Waals surface area contributed by atoms with E-state index in [9.17, 15) is 9.90 Å². The van der Waals surface area contributed by atoms with Gasteiger partial charge in [-0.2, -0.15) is 0 Å². The molecule has 0 atom stereocenters. The monoisotopic (exact) mass is 386 g/mol. The summed E-state index contributed by atoms with van der Waals surface area (Å²) in [7, 11) is 2.01. The van der Waals surface area contributed by atoms with Gasteiger partial charge in [0.1, 0.15) is 0 Å². The first-order valence-corrected chi connectivity index (χ1v) is 9.01. The number of pyridine rings is 1. The molecule has 0 aliphatic carbocycles. The number of rotatable bonds is 2. The number of aryl methyl sites for hydroxylation is 1. The number of carbonyl (C=O) groups is 1. The van der Waals surface area contributed by atoms with Gasteiger partial charge >= 0.3 is 5.97 Å². The van der Waals surface area contributed by atoms with E-state index in [0.29, 0.717) is 17.5 Å². The van der Waals surface area contributed by atoms with Crippen LogP contribution in [0.3, 0.4) is 0 Å². The first-order valence-electron chi connectivity index (χ1n) is 8.13. The van der Waals surface area contributed by atoms with Crippen molar-refractivity contribution in [3.8, 4) is 0 Å². The Morgan fingerprint density at radius 2 is 2.04 bits per heavy atom. The van der Waals surface area contributed by atoms with Crippen LogP contribution < -0.4 is 0 Å². The van der Waals surface area contributed by atoms with Gasteiger partial charge in [0, 0.05) is 28.9 Å². The fourth-order valence-electron chi connectivity index (χ4n) is 3.41. The van der Waals surface area contributed by atoms with Gasteiger partial charge in [-0.15, -0.1) is 23.7 Å². The topological polar surface area (TPSA) is 53.4 Å². The highest BCUT2D eigenvalue weighted by Gasteiger charge is 2.27. The Morgan fingerprint density at radius 3 is 2.73 bits per heavy atom. The quantitative estimate of drug-likeness (QED) is 0.692. The van der Waals surface area contributed by atoms with Crippen LogP contribution in [0.1, 0.15) is 32.1 Å². The van der Waals surface area contributed by atoms with E-state index in [1.807, 2.05) is 31.3 Å². The molecule has 4 nitrogen and oxygen atoms in total. The fraction of sp³-hybridized carbons (Fsp3) is 0.200. The lowest BCUT2D eigenvalue weighted by Gasteiger charge is -2.28. The van der Waals surface area contributed by atoms with Crippen molar-refractivity contribution < 1.29 is 9.90 Å². The molecule has 0 amide bonds. The molecule has 0 fully saturated rings. The number of aromatic nitrogens is 1. The van der Waals surface area contributed by atoms with Crippen molar-refractivity contribution in [2.75, 3.05) is 13.6 Å². The van der Waals surface area contributed by atoms with Gasteiger partial charge in [0.15, 0.2) is 0 Å². The van der Waals surface area contributed by atoms with Gasteiger partial charge in [0.05, 0.1) is 16.8 Å². The maximum Gasteiger partial charge on any atom is 0.336 e. The van der Waals surface area contributed by atoms with Gasteiger partial charge in [-0.3, -0.25) is 4.90 Å². The molecule has 0 spiro atoms. The van der Waals surface area contributed by atoms with Crippen molar-refractivity contribution in [1.82, 2.24) is 9.88 Å². The molecule has 6 heteroatoms. The second-order valence-corrected chi connectivity index (χ2v) is 7.39. The van der Waals surface area contributed by atoms with Gasteiger partial charge in [-0.1, -0.05) is 18.2 Å². The zero-order valence-electron chi connectivity index (χ0n) is 14.5. The third-order valence-electron chi connectivity index (χ3n) is 4.59. The molecular weight excluding hydrogens is 368 g/mol. The number of likely N-dealkylation sites (N-methyl/N-ethyl adjacent to an activating group) is 1. The number of carboxylic acid groups (broad SMARTS) is 1. The lowest BCUT2D eigenvalue weighted by Crippen LogP contribution is -2.28. The van der Waals surface area contributed by atoms with Crippen LogP contribution in [0.15, 0.2) is 35.7 Å². The SMILES string of the molecule is Cc1ccsc1C=C1CN(C)Cc2c1nc1ccccc1c2C(=O)O.Cl. The van der Waals surface area contributed by atoms with Crippen molar-refractivity contribution in [3.63, 3.8) is 0 Å². The molecule has 3 aromatic rings. The molecule has 3 heterocycles. The van der Waals surface area contributed by atoms with Crippen molar-refractivity contribution in [2.45, 2.75) is 13.5 Å². The number of para-hydroxylation sites is 1. The minimum atomic E-state index is -0.892. The summed E-state index contributed by atoms with van der Waals surface area (Å²) in [6.07, 6.45) is 2.15. The van der Waals surface area contributed by atoms with E-state index in [1.165, 1.54) is 10.4 Å². The number of thiophene rings is 1. The number of nitrogens with zero attached hydrogens (tertiary/aromatic N) is 2. The molecule has 2 aromatic heterocycles. The Bertz CT molecular complexity index is 1030. The Kier molecular flexibility index (Phi) is 5.14. The van der Waals surface area contributed by atoms with Crippen molar-refractivity contribution >= 4 is 52.3 Å². The van der Waals surface area contributed by atoms with E-state index in [2.05, 4.69) is 29.3 Å². The zero-order chi connectivity index (χ0) is 17.6. The predicted molar refractivity (Wildman–Crippen MR) is 109 cm³/mol. The highest BCUT2D eigenvalue weighted by molar-refractivity contribution is 7.11. The maximum atomic E-state index is 12.0. The molecule has 26 heavy (non-hydrogen) atoms. The molecule has 1 aromatic carbocycles. The lowest BCUT2D eigenvalue weighted by molar-refractivity contribution is 0.0696. The number of hydrogen-bond donors (Lipinski definition) is 1. The fourth-order valence-corrected chi connectivity index (χ4v) is 4.29. The average Bonchev–Trinajstić information content (AvgIpc) is 2.97. The molecule has 0 radical (unpaired) electrons. The normalized spacial score (nSPS) is 15.7. The van der Waals surface area contributed by atoms with Gasteiger partial charge < -0.3 is 5.11 Å². The molecule has 1 aliphatic heterocycles. The summed E-state index contributed by atoms with van der Waals surface area (Å²) < 4.78 is 0. The molecule has 1 N–H and O–H groups in total. The van der Waals surface area contributed by atoms with Crippen LogP contribution in [0.2, 0.25) is 0 Å². The third kappa shape index (κ3) is 3.14. The van der Waals surface area contributed by atoms with Crippen LogP contribution in [0.4, 0.5) is 0 Å². The second-order valence-electron chi connectivity index (χ2n) is 6.45. The zero-order valence-corrected chi connectivity index (χ0v) is 16.2. The molecule has 4 rings (SSSR count). The molecular formula is C20H19ClN2O2S. The number of aromatic carboxylic acids is 1. The van der Waals surface area contributed by atoms with Crippen LogP contribution in [0, 0.1) is 6.92 Å². The summed E-state index contributed by atoms with van der Waals surface area (Å²) in [5, 5.41) is 12.6. The van der Waals surface area contributed by atoms with E-state index >= 15 is 0 Å². The molecule has 134 valence electrons. The van der Waals surface area contributed by atoms with Crippen molar-refractivity contribution in [3.05, 3.63) is 63.0 Å². The van der Waals surface area contributed by atoms with Gasteiger partial charge in [0.2, 0.25) is 0 Å². The van der Waals surface area contributed by atoms with E-state index in [-0.39, 0.29) is 12.4 Å².